The van der Waals surface area contributed by atoms with Crippen molar-refractivity contribution in [2.24, 2.45) is 0 Å². The number of nitriles is 1. The Hall–Kier alpha value is -3.39. The summed E-state index contributed by atoms with van der Waals surface area (Å²) >= 11 is 1.10. The van der Waals surface area contributed by atoms with Gasteiger partial charge in [-0.25, -0.2) is 18.4 Å². The Morgan fingerprint density at radius 1 is 1.31 bits per heavy atom. The molecular formula is C24H21F2N5O4S. The van der Waals surface area contributed by atoms with Crippen molar-refractivity contribution in [3.05, 3.63) is 59.0 Å². The Labute approximate surface area is 209 Å². The van der Waals surface area contributed by atoms with Crippen molar-refractivity contribution in [3.8, 4) is 29.7 Å². The van der Waals surface area contributed by atoms with Gasteiger partial charge in [0.05, 0.1) is 12.8 Å². The van der Waals surface area contributed by atoms with Gasteiger partial charge in [-0.05, 0) is 25.1 Å². The van der Waals surface area contributed by atoms with Crippen molar-refractivity contribution in [1.82, 2.24) is 20.0 Å². The molecule has 0 amide bonds. The molecule has 1 saturated heterocycles. The first-order valence-corrected chi connectivity index (χ1v) is 11.6. The molecule has 0 saturated carbocycles. The zero-order valence-electron chi connectivity index (χ0n) is 19.2. The number of ether oxygens (including phenoxy) is 2. The van der Waals surface area contributed by atoms with Crippen LogP contribution < -0.4 is 0 Å². The van der Waals surface area contributed by atoms with Crippen LogP contribution in [0.3, 0.4) is 0 Å². The van der Waals surface area contributed by atoms with E-state index < -0.39 is 48.0 Å². The lowest BCUT2D eigenvalue weighted by atomic mass is 9.97. The second-order valence-corrected chi connectivity index (χ2v) is 9.14. The number of nitrogens with zero attached hydrogens (tertiary/aromatic N) is 5. The number of aliphatic hydroxyl groups is 2. The average molecular weight is 514 g/mol. The summed E-state index contributed by atoms with van der Waals surface area (Å²) in [6, 6.07) is 4.98. The van der Waals surface area contributed by atoms with Gasteiger partial charge in [0.1, 0.15) is 53.2 Å². The molecule has 12 heteroatoms. The summed E-state index contributed by atoms with van der Waals surface area (Å²) in [5, 5.41) is 38.4. The zero-order valence-corrected chi connectivity index (χ0v) is 20.0. The molecule has 5 unspecified atom stereocenters. The number of hydrogen-bond donors (Lipinski definition) is 2. The van der Waals surface area contributed by atoms with Crippen molar-refractivity contribution in [3.63, 3.8) is 0 Å². The zero-order chi connectivity index (χ0) is 26.0. The van der Waals surface area contributed by atoms with Crippen LogP contribution in [0.15, 0.2) is 35.5 Å². The van der Waals surface area contributed by atoms with Crippen LogP contribution in [0.25, 0.3) is 11.3 Å². The molecule has 0 bridgehead atoms. The number of aliphatic hydroxyl groups excluding tert-OH is 2. The van der Waals surface area contributed by atoms with E-state index in [2.05, 4.69) is 21.2 Å². The Balaban J connectivity index is 1.70. The number of halogens is 2. The predicted octanol–water partition coefficient (Wildman–Crippen LogP) is 2.21. The molecule has 5 atom stereocenters. The van der Waals surface area contributed by atoms with E-state index in [1.54, 1.807) is 6.07 Å². The van der Waals surface area contributed by atoms with Crippen LogP contribution >= 0.6 is 11.8 Å². The van der Waals surface area contributed by atoms with Gasteiger partial charge in [-0.3, -0.25) is 0 Å². The van der Waals surface area contributed by atoms with E-state index in [-0.39, 0.29) is 22.5 Å². The molecule has 2 aromatic heterocycles. The lowest BCUT2D eigenvalue weighted by Crippen LogP contribution is -2.55. The highest BCUT2D eigenvalue weighted by atomic mass is 32.2. The summed E-state index contributed by atoms with van der Waals surface area (Å²) < 4.78 is 41.1. The van der Waals surface area contributed by atoms with E-state index >= 15 is 0 Å². The Bertz CT molecular complexity index is 1330. The second kappa shape index (κ2) is 10.7. The first-order valence-electron chi connectivity index (χ1n) is 10.7. The summed E-state index contributed by atoms with van der Waals surface area (Å²) in [6.07, 6.45) is 5.13. The number of thioether (sulfide) groups is 1. The summed E-state index contributed by atoms with van der Waals surface area (Å²) in [7, 11) is 1.41. The molecule has 3 heterocycles. The SMILES string of the molecule is C#Cc1cnc(C#N)c(SC2OC(CO)C(O)C(n3cc(-c4cc(F)c(C)c(F)c4)nn3)C2OC)c1. The van der Waals surface area contributed by atoms with E-state index in [0.29, 0.717) is 10.5 Å². The number of terminal acetylenes is 1. The average Bonchev–Trinajstić information content (AvgIpc) is 3.37. The summed E-state index contributed by atoms with van der Waals surface area (Å²) in [5.74, 6) is 1.00. The minimum absolute atomic E-state index is 0.115. The molecule has 1 aliphatic heterocycles. The van der Waals surface area contributed by atoms with E-state index in [1.807, 2.05) is 6.07 Å². The van der Waals surface area contributed by atoms with Gasteiger partial charge in [-0.1, -0.05) is 22.9 Å². The third kappa shape index (κ3) is 4.82. The third-order valence-corrected chi connectivity index (χ3v) is 7.03. The highest BCUT2D eigenvalue weighted by molar-refractivity contribution is 7.99. The highest BCUT2D eigenvalue weighted by Gasteiger charge is 2.47. The lowest BCUT2D eigenvalue weighted by Gasteiger charge is -2.43. The van der Waals surface area contributed by atoms with Gasteiger partial charge in [-0.2, -0.15) is 5.26 Å². The van der Waals surface area contributed by atoms with Crippen LogP contribution in [0.4, 0.5) is 8.78 Å². The smallest absolute Gasteiger partial charge is 0.154 e. The lowest BCUT2D eigenvalue weighted by molar-refractivity contribution is -0.186. The van der Waals surface area contributed by atoms with Gasteiger partial charge in [0, 0.05) is 34.9 Å². The quantitative estimate of drug-likeness (QED) is 0.477. The number of methoxy groups -OCH3 is 1. The standard InChI is InChI=1S/C24H21F2N5O4S/c1-4-13-5-20(17(8-27)28-9-13)36-24-23(34-3)21(22(33)19(11-32)35-24)31-10-18(29-30-31)14-6-15(25)12(2)16(26)7-14/h1,5-7,9-10,19,21-24,32-33H,11H2,2-3H3. The molecule has 1 aliphatic rings. The van der Waals surface area contributed by atoms with Crippen LogP contribution in [-0.2, 0) is 9.47 Å². The van der Waals surface area contributed by atoms with E-state index in [9.17, 15) is 24.3 Å². The minimum Gasteiger partial charge on any atom is -0.394 e. The molecule has 9 nitrogen and oxygen atoms in total. The van der Waals surface area contributed by atoms with Crippen molar-refractivity contribution >= 4 is 11.8 Å². The first kappa shape index (κ1) is 25.7. The van der Waals surface area contributed by atoms with E-state index in [1.165, 1.54) is 31.1 Å². The fourth-order valence-corrected chi connectivity index (χ4v) is 5.14. The molecule has 0 aliphatic carbocycles. The molecule has 4 rings (SSSR count). The highest BCUT2D eigenvalue weighted by Crippen LogP contribution is 2.40. The molecule has 186 valence electrons. The minimum atomic E-state index is -1.27. The van der Waals surface area contributed by atoms with Crippen molar-refractivity contribution in [2.45, 2.75) is 41.6 Å². The van der Waals surface area contributed by atoms with Crippen LogP contribution in [0.1, 0.15) is 22.9 Å². The Kier molecular flexibility index (Phi) is 7.64. The van der Waals surface area contributed by atoms with Gasteiger partial charge >= 0.3 is 0 Å². The van der Waals surface area contributed by atoms with Gasteiger partial charge in [0.25, 0.3) is 0 Å². The molecule has 1 fully saturated rings. The maximum atomic E-state index is 14.1. The van der Waals surface area contributed by atoms with Gasteiger partial charge in [-0.15, -0.1) is 11.5 Å². The van der Waals surface area contributed by atoms with Crippen molar-refractivity contribution < 1.29 is 28.5 Å². The number of hydrogen-bond acceptors (Lipinski definition) is 9. The monoisotopic (exact) mass is 513 g/mol. The molecular weight excluding hydrogens is 492 g/mol. The summed E-state index contributed by atoms with van der Waals surface area (Å²) in [6.45, 7) is 0.807. The largest absolute Gasteiger partial charge is 0.394 e. The van der Waals surface area contributed by atoms with Gasteiger partial charge in [0.2, 0.25) is 0 Å². The molecule has 36 heavy (non-hydrogen) atoms. The normalized spacial score (nSPS) is 23.7. The number of pyridine rings is 1. The maximum absolute atomic E-state index is 14.1. The topological polar surface area (TPSA) is 126 Å². The van der Waals surface area contributed by atoms with Crippen LogP contribution in [-0.4, -0.2) is 67.7 Å². The molecule has 0 radical (unpaired) electrons. The van der Waals surface area contributed by atoms with Crippen LogP contribution in [0.2, 0.25) is 0 Å². The number of benzene rings is 1. The molecule has 1 aromatic carbocycles. The second-order valence-electron chi connectivity index (χ2n) is 8.00. The van der Waals surface area contributed by atoms with Gasteiger partial charge < -0.3 is 19.7 Å². The Morgan fingerprint density at radius 2 is 2.03 bits per heavy atom. The maximum Gasteiger partial charge on any atom is 0.154 e. The summed E-state index contributed by atoms with van der Waals surface area (Å²) in [5.41, 5.74) is -0.0376. The van der Waals surface area contributed by atoms with E-state index in [0.717, 1.165) is 23.9 Å². The fraction of sp³-hybridized carbons (Fsp3) is 0.333. The van der Waals surface area contributed by atoms with Crippen LogP contribution in [0, 0.1) is 42.2 Å². The molecule has 0 spiro atoms. The molecule has 2 N–H and O–H groups in total. The first-order chi connectivity index (χ1) is 17.3. The number of rotatable bonds is 6. The molecule has 3 aromatic rings. The fourth-order valence-electron chi connectivity index (χ4n) is 3.88. The summed E-state index contributed by atoms with van der Waals surface area (Å²) in [4.78, 5) is 4.49. The van der Waals surface area contributed by atoms with Crippen molar-refractivity contribution in [1.29, 1.82) is 5.26 Å². The van der Waals surface area contributed by atoms with Gasteiger partial charge in [0.15, 0.2) is 5.69 Å². The van der Waals surface area contributed by atoms with E-state index in [4.69, 9.17) is 15.9 Å². The van der Waals surface area contributed by atoms with Crippen molar-refractivity contribution in [2.75, 3.05) is 13.7 Å². The predicted molar refractivity (Wildman–Crippen MR) is 124 cm³/mol. The third-order valence-electron chi connectivity index (χ3n) is 5.86. The Morgan fingerprint density at radius 3 is 2.64 bits per heavy atom. The van der Waals surface area contributed by atoms with Crippen LogP contribution in [0.5, 0.6) is 0 Å². The number of aromatic nitrogens is 4.